The molecule has 4 aromatic carbocycles. The molecule has 0 radical (unpaired) electrons. The summed E-state index contributed by atoms with van der Waals surface area (Å²) in [6, 6.07) is 11.9. The van der Waals surface area contributed by atoms with E-state index in [4.69, 9.17) is 18.9 Å². The van der Waals surface area contributed by atoms with Gasteiger partial charge in [0.05, 0.1) is 46.6 Å². The number of aromatic carboxylic acids is 2. The second-order valence-corrected chi connectivity index (χ2v) is 15.2. The van der Waals surface area contributed by atoms with E-state index in [1.165, 1.54) is 36.4 Å². The fourth-order valence-corrected chi connectivity index (χ4v) is 8.71. The number of hydrogen-bond donors (Lipinski definition) is 12. The predicted octanol–water partition coefficient (Wildman–Crippen LogP) is -1.10. The summed E-state index contributed by atoms with van der Waals surface area (Å²) in [4.78, 5) is 54.2. The van der Waals surface area contributed by atoms with Crippen molar-refractivity contribution < 1.29 is 99.4 Å². The Morgan fingerprint density at radius 2 is 0.887 bits per heavy atom. The van der Waals surface area contributed by atoms with E-state index in [1.807, 2.05) is 0 Å². The van der Waals surface area contributed by atoms with Crippen molar-refractivity contribution in [2.75, 3.05) is 13.2 Å². The number of phenols is 2. The van der Waals surface area contributed by atoms with Crippen LogP contribution in [0.2, 0.25) is 0 Å². The molecule has 0 bridgehead atoms. The Hall–Kier alpha value is -6.04. The molecular formula is C42H38O20. The van der Waals surface area contributed by atoms with Crippen molar-refractivity contribution in [2.24, 2.45) is 0 Å². The fourth-order valence-electron chi connectivity index (χ4n) is 8.71. The maximum atomic E-state index is 14.7. The molecule has 2 heterocycles. The molecule has 2 aliphatic heterocycles. The minimum Gasteiger partial charge on any atom is -0.507 e. The lowest BCUT2D eigenvalue weighted by molar-refractivity contribution is -0.277. The Labute approximate surface area is 348 Å². The van der Waals surface area contributed by atoms with Crippen LogP contribution in [-0.4, -0.2) is 159 Å². The molecular weight excluding hydrogens is 824 g/mol. The van der Waals surface area contributed by atoms with Crippen molar-refractivity contribution in [3.63, 3.8) is 0 Å². The van der Waals surface area contributed by atoms with Crippen molar-refractivity contribution in [1.29, 1.82) is 0 Å². The highest BCUT2D eigenvalue weighted by atomic mass is 16.7. The normalized spacial score (nSPS) is 30.1. The van der Waals surface area contributed by atoms with Crippen LogP contribution >= 0.6 is 0 Å². The quantitative estimate of drug-likeness (QED) is 0.0950. The summed E-state index contributed by atoms with van der Waals surface area (Å²) in [6.07, 6.45) is -17.7. The van der Waals surface area contributed by atoms with E-state index >= 15 is 0 Å². The zero-order valence-electron chi connectivity index (χ0n) is 31.7. The van der Waals surface area contributed by atoms with Gasteiger partial charge in [-0.3, -0.25) is 9.59 Å². The number of aliphatic hydroxyl groups is 8. The molecule has 326 valence electrons. The molecule has 62 heavy (non-hydrogen) atoms. The molecule has 0 amide bonds. The van der Waals surface area contributed by atoms with Gasteiger partial charge in [0, 0.05) is 11.8 Å². The first-order valence-electron chi connectivity index (χ1n) is 19.0. The largest absolute Gasteiger partial charge is 0.507 e. The standard InChI is InChI=1S/C42H38O20/c43-11-23-31(47)35(51)37(53)41(61-23)59-21-5-1-3-15-25(17-7-13(39(55)56)9-19(45)27(17)33(49)29(15)21)26-16-4-2-6-22(60-42-38(54)36(52)32(48)24(12-44)62-42)30(16)34(50)28-18(26)8-14(40(57)58)10-20(28)46/h1-10,23-26,31-32,35-38,41-48,51-54H,11-12H2,(H,55,56)(H,57,58)/t23-,24-,25-,26-,31-,32-,35+,36+,37-,38-,41+,42+/m0/s1. The van der Waals surface area contributed by atoms with Gasteiger partial charge in [-0.1, -0.05) is 24.3 Å². The molecule has 20 heteroatoms. The van der Waals surface area contributed by atoms with E-state index in [0.717, 1.165) is 24.3 Å². The lowest BCUT2D eigenvalue weighted by Gasteiger charge is -2.41. The summed E-state index contributed by atoms with van der Waals surface area (Å²) in [7, 11) is 0. The molecule has 4 aliphatic rings. The Morgan fingerprint density at radius 1 is 0.516 bits per heavy atom. The molecule has 2 aliphatic carbocycles. The predicted molar refractivity (Wildman–Crippen MR) is 202 cm³/mol. The number of carboxylic acids is 2. The lowest BCUT2D eigenvalue weighted by atomic mass is 9.63. The van der Waals surface area contributed by atoms with Crippen molar-refractivity contribution in [2.45, 2.75) is 73.2 Å². The topological polar surface area (TPSA) is 348 Å². The highest BCUT2D eigenvalue weighted by Crippen LogP contribution is 2.56. The first-order valence-corrected chi connectivity index (χ1v) is 19.0. The zero-order chi connectivity index (χ0) is 44.6. The first-order chi connectivity index (χ1) is 29.5. The molecule has 0 spiro atoms. The van der Waals surface area contributed by atoms with Crippen LogP contribution in [0.25, 0.3) is 0 Å². The van der Waals surface area contributed by atoms with Crippen molar-refractivity contribution in [1.82, 2.24) is 0 Å². The lowest BCUT2D eigenvalue weighted by Crippen LogP contribution is -2.60. The van der Waals surface area contributed by atoms with Gasteiger partial charge in [-0.05, 0) is 58.7 Å². The van der Waals surface area contributed by atoms with E-state index in [1.54, 1.807) is 0 Å². The van der Waals surface area contributed by atoms with Gasteiger partial charge in [0.15, 0.2) is 0 Å². The molecule has 12 atom stereocenters. The Kier molecular flexibility index (Phi) is 11.0. The van der Waals surface area contributed by atoms with Crippen LogP contribution in [0.3, 0.4) is 0 Å². The van der Waals surface area contributed by atoms with E-state index < -0.39 is 144 Å². The number of fused-ring (bicyclic) bond motifs is 4. The van der Waals surface area contributed by atoms with Crippen molar-refractivity contribution in [3.05, 3.63) is 116 Å². The number of hydrogen-bond acceptors (Lipinski definition) is 18. The second-order valence-electron chi connectivity index (χ2n) is 15.2. The number of carbonyl (C=O) groups is 4. The summed E-state index contributed by atoms with van der Waals surface area (Å²) in [5.74, 6) is -10.1. The molecule has 20 nitrogen and oxygen atoms in total. The molecule has 8 rings (SSSR count). The minimum absolute atomic E-state index is 0.00301. The average Bonchev–Trinajstić information content (AvgIpc) is 3.24. The zero-order valence-corrected chi connectivity index (χ0v) is 31.7. The number of ether oxygens (including phenoxy) is 4. The molecule has 0 unspecified atom stereocenters. The molecule has 2 saturated heterocycles. The summed E-state index contributed by atoms with van der Waals surface area (Å²) < 4.78 is 23.0. The van der Waals surface area contributed by atoms with Gasteiger partial charge in [0.1, 0.15) is 71.8 Å². The first kappa shape index (κ1) is 42.6. The van der Waals surface area contributed by atoms with E-state index in [-0.39, 0.29) is 44.9 Å². The molecule has 0 saturated carbocycles. The third-order valence-corrected chi connectivity index (χ3v) is 11.7. The van der Waals surface area contributed by atoms with Crippen LogP contribution in [0.4, 0.5) is 0 Å². The number of ketones is 2. The highest BCUT2D eigenvalue weighted by molar-refractivity contribution is 6.18. The molecule has 12 N–H and O–H groups in total. The summed E-state index contributed by atoms with van der Waals surface area (Å²) in [6.45, 7) is -1.64. The minimum atomic E-state index is -1.94. The monoisotopic (exact) mass is 862 g/mol. The average molecular weight is 863 g/mol. The molecule has 0 aromatic heterocycles. The van der Waals surface area contributed by atoms with Gasteiger partial charge in [0.25, 0.3) is 0 Å². The number of phenolic OH excluding ortho intramolecular Hbond substituents is 2. The van der Waals surface area contributed by atoms with Crippen LogP contribution in [0, 0.1) is 0 Å². The van der Waals surface area contributed by atoms with Crippen LogP contribution in [0.15, 0.2) is 60.7 Å². The van der Waals surface area contributed by atoms with Gasteiger partial charge in [-0.2, -0.15) is 0 Å². The molecule has 2 fully saturated rings. The van der Waals surface area contributed by atoms with Gasteiger partial charge in [-0.25, -0.2) is 9.59 Å². The maximum Gasteiger partial charge on any atom is 0.335 e. The maximum absolute atomic E-state index is 14.7. The number of carboxylic acid groups (broad SMARTS) is 2. The van der Waals surface area contributed by atoms with Crippen LogP contribution in [-0.2, 0) is 9.47 Å². The third-order valence-electron chi connectivity index (χ3n) is 11.7. The van der Waals surface area contributed by atoms with Crippen LogP contribution in [0.5, 0.6) is 23.0 Å². The van der Waals surface area contributed by atoms with E-state index in [9.17, 15) is 80.5 Å². The number of rotatable bonds is 9. The smallest absolute Gasteiger partial charge is 0.335 e. The fraction of sp³-hybridized carbons (Fsp3) is 0.333. The van der Waals surface area contributed by atoms with Gasteiger partial charge in [0.2, 0.25) is 24.1 Å². The number of aromatic hydroxyl groups is 2. The van der Waals surface area contributed by atoms with Crippen molar-refractivity contribution >= 4 is 23.5 Å². The van der Waals surface area contributed by atoms with Crippen molar-refractivity contribution in [3.8, 4) is 23.0 Å². The Bertz CT molecular complexity index is 2330. The van der Waals surface area contributed by atoms with E-state index in [0.29, 0.717) is 0 Å². The number of aliphatic hydroxyl groups excluding tert-OH is 8. The van der Waals surface area contributed by atoms with Crippen LogP contribution in [0.1, 0.15) is 86.6 Å². The SMILES string of the molecule is O=C(O)c1cc(O)c2c(c1)[C@@H]([C@@H]1c3cc(C(=O)O)cc(O)c3C(=O)c3c(O[C@@H]4O[C@@H](CO)[C@H](O)[C@@H](O)[C@@H]4O)cccc31)c1cccc(O[C@@H]3O[C@@H](CO)[C@H](O)[C@@H](O)[C@@H]3O)c1C2=O. The van der Waals surface area contributed by atoms with E-state index in [2.05, 4.69) is 0 Å². The highest BCUT2D eigenvalue weighted by Gasteiger charge is 2.50. The number of benzene rings is 4. The van der Waals surface area contributed by atoms with Crippen LogP contribution < -0.4 is 9.47 Å². The van der Waals surface area contributed by atoms with Gasteiger partial charge >= 0.3 is 11.9 Å². The summed E-state index contributed by atoms with van der Waals surface area (Å²) in [5, 5.41) is 126. The second kappa shape index (κ2) is 16.0. The summed E-state index contributed by atoms with van der Waals surface area (Å²) >= 11 is 0. The molecule has 4 aromatic rings. The summed E-state index contributed by atoms with van der Waals surface area (Å²) in [5.41, 5.74) is -2.87. The third kappa shape index (κ3) is 6.73. The van der Waals surface area contributed by atoms with Gasteiger partial charge in [-0.15, -0.1) is 0 Å². The number of carbonyl (C=O) groups excluding carboxylic acids is 2. The Balaban J connectivity index is 1.38. The Morgan fingerprint density at radius 3 is 1.23 bits per heavy atom. The van der Waals surface area contributed by atoms with Gasteiger partial charge < -0.3 is 80.2 Å².